The van der Waals surface area contributed by atoms with Crippen LogP contribution in [0.3, 0.4) is 0 Å². The third kappa shape index (κ3) is 3.89. The Kier molecular flexibility index (Phi) is 4.76. The van der Waals surface area contributed by atoms with Crippen molar-refractivity contribution in [2.75, 3.05) is 5.32 Å². The second-order valence-electron chi connectivity index (χ2n) is 5.76. The fraction of sp³-hybridized carbons (Fsp3) is 0.222. The molecular formula is C18H19N3O2S. The fourth-order valence-electron chi connectivity index (χ4n) is 2.62. The molecule has 0 aliphatic carbocycles. The number of carbonyl (C=O) groups excluding carboxylic acids is 1. The molecule has 1 amide bonds. The lowest BCUT2D eigenvalue weighted by Crippen LogP contribution is -2.06. The predicted octanol–water partition coefficient (Wildman–Crippen LogP) is 3.05. The number of imidazole rings is 1. The van der Waals surface area contributed by atoms with Crippen molar-refractivity contribution < 1.29 is 9.00 Å². The van der Waals surface area contributed by atoms with Gasteiger partial charge in [0.2, 0.25) is 5.91 Å². The SMILES string of the molecule is CC(=O)Nc1cccc(C[S@@](=O)Cc2cn3cccc(C)c3n2)c1. The standard InChI is InChI=1S/C18H19N3O2S/c1-13-5-4-8-21-10-17(20-18(13)21)12-24(23)11-15-6-3-7-16(9-15)19-14(2)22/h3-10H,11-12H2,1-2H3,(H,19,22)/t24-/m1/s1. The number of nitrogens with one attached hydrogen (secondary N) is 1. The average Bonchev–Trinajstić information content (AvgIpc) is 2.90. The van der Waals surface area contributed by atoms with E-state index in [1.807, 2.05) is 60.1 Å². The first-order valence-corrected chi connectivity index (χ1v) is 9.15. The maximum atomic E-state index is 12.5. The summed E-state index contributed by atoms with van der Waals surface area (Å²) in [6.45, 7) is 3.48. The molecular weight excluding hydrogens is 322 g/mol. The minimum absolute atomic E-state index is 0.117. The van der Waals surface area contributed by atoms with Gasteiger partial charge in [0.1, 0.15) is 5.65 Å². The summed E-state index contributed by atoms with van der Waals surface area (Å²) < 4.78 is 14.4. The second-order valence-corrected chi connectivity index (χ2v) is 7.22. The molecule has 124 valence electrons. The summed E-state index contributed by atoms with van der Waals surface area (Å²) in [6, 6.07) is 11.4. The molecule has 0 radical (unpaired) electrons. The molecule has 0 unspecified atom stereocenters. The van der Waals surface area contributed by atoms with Crippen LogP contribution >= 0.6 is 0 Å². The molecule has 6 heteroatoms. The minimum Gasteiger partial charge on any atom is -0.326 e. The largest absolute Gasteiger partial charge is 0.326 e. The van der Waals surface area contributed by atoms with Crippen molar-refractivity contribution in [2.24, 2.45) is 0 Å². The van der Waals surface area contributed by atoms with Gasteiger partial charge < -0.3 is 9.72 Å². The normalized spacial score (nSPS) is 12.2. The van der Waals surface area contributed by atoms with Gasteiger partial charge in [-0.05, 0) is 36.2 Å². The van der Waals surface area contributed by atoms with Crippen molar-refractivity contribution in [3.05, 3.63) is 65.6 Å². The van der Waals surface area contributed by atoms with Gasteiger partial charge in [-0.2, -0.15) is 0 Å². The zero-order valence-electron chi connectivity index (χ0n) is 13.7. The Bertz CT molecular complexity index is 918. The quantitative estimate of drug-likeness (QED) is 0.776. The van der Waals surface area contributed by atoms with E-state index in [0.29, 0.717) is 11.5 Å². The Labute approximate surface area is 143 Å². The summed E-state index contributed by atoms with van der Waals surface area (Å²) in [5, 5.41) is 2.74. The monoisotopic (exact) mass is 341 g/mol. The molecule has 3 aromatic rings. The van der Waals surface area contributed by atoms with Gasteiger partial charge in [0.05, 0.1) is 11.4 Å². The number of pyridine rings is 1. The van der Waals surface area contributed by atoms with Crippen molar-refractivity contribution >= 4 is 28.0 Å². The van der Waals surface area contributed by atoms with E-state index in [1.54, 1.807) is 0 Å². The maximum Gasteiger partial charge on any atom is 0.221 e. The smallest absolute Gasteiger partial charge is 0.221 e. The molecule has 0 aliphatic heterocycles. The van der Waals surface area contributed by atoms with Crippen molar-refractivity contribution in [1.29, 1.82) is 0 Å². The topological polar surface area (TPSA) is 63.5 Å². The van der Waals surface area contributed by atoms with E-state index in [4.69, 9.17) is 0 Å². The van der Waals surface area contributed by atoms with Gasteiger partial charge in [0.15, 0.2) is 0 Å². The molecule has 5 nitrogen and oxygen atoms in total. The number of carbonyl (C=O) groups is 1. The molecule has 0 saturated carbocycles. The molecule has 3 rings (SSSR count). The van der Waals surface area contributed by atoms with Crippen molar-refractivity contribution in [1.82, 2.24) is 9.38 Å². The highest BCUT2D eigenvalue weighted by Crippen LogP contribution is 2.15. The number of anilines is 1. The van der Waals surface area contributed by atoms with Gasteiger partial charge in [-0.25, -0.2) is 4.98 Å². The summed E-state index contributed by atoms with van der Waals surface area (Å²) in [7, 11) is -1.06. The number of nitrogens with zero attached hydrogens (tertiary/aromatic N) is 2. The maximum absolute atomic E-state index is 12.5. The highest BCUT2D eigenvalue weighted by molar-refractivity contribution is 7.83. The summed E-state index contributed by atoms with van der Waals surface area (Å²) in [5.41, 5.74) is 4.47. The van der Waals surface area contributed by atoms with Crippen LogP contribution in [0.25, 0.3) is 5.65 Å². The lowest BCUT2D eigenvalue weighted by molar-refractivity contribution is -0.114. The van der Waals surface area contributed by atoms with Crippen molar-refractivity contribution in [3.8, 4) is 0 Å². The van der Waals surface area contributed by atoms with Gasteiger partial charge in [-0.3, -0.25) is 9.00 Å². The van der Waals surface area contributed by atoms with Crippen LogP contribution in [-0.4, -0.2) is 19.5 Å². The first-order chi connectivity index (χ1) is 11.5. The van der Waals surface area contributed by atoms with E-state index < -0.39 is 10.8 Å². The van der Waals surface area contributed by atoms with E-state index in [0.717, 1.165) is 28.2 Å². The lowest BCUT2D eigenvalue weighted by Gasteiger charge is -2.05. The van der Waals surface area contributed by atoms with Crippen LogP contribution in [0.1, 0.15) is 23.7 Å². The van der Waals surface area contributed by atoms with Gasteiger partial charge >= 0.3 is 0 Å². The average molecular weight is 341 g/mol. The molecule has 0 fully saturated rings. The fourth-order valence-corrected chi connectivity index (χ4v) is 3.74. The van der Waals surface area contributed by atoms with Crippen molar-refractivity contribution in [3.63, 3.8) is 0 Å². The molecule has 1 N–H and O–H groups in total. The molecule has 0 saturated heterocycles. The van der Waals surface area contributed by atoms with Crippen LogP contribution in [0, 0.1) is 6.92 Å². The number of hydrogen-bond acceptors (Lipinski definition) is 3. The zero-order valence-corrected chi connectivity index (χ0v) is 14.5. The number of aryl methyl sites for hydroxylation is 1. The molecule has 2 aromatic heterocycles. The zero-order chi connectivity index (χ0) is 17.1. The number of amides is 1. The van der Waals surface area contributed by atoms with Gasteiger partial charge in [-0.1, -0.05) is 18.2 Å². The third-order valence-corrected chi connectivity index (χ3v) is 4.88. The Morgan fingerprint density at radius 2 is 2.08 bits per heavy atom. The summed E-state index contributed by atoms with van der Waals surface area (Å²) in [4.78, 5) is 15.7. The number of rotatable bonds is 5. The molecule has 2 heterocycles. The summed E-state index contributed by atoms with van der Waals surface area (Å²) >= 11 is 0. The Morgan fingerprint density at radius 1 is 1.25 bits per heavy atom. The van der Waals surface area contributed by atoms with Crippen LogP contribution < -0.4 is 5.32 Å². The number of fused-ring (bicyclic) bond motifs is 1. The predicted molar refractivity (Wildman–Crippen MR) is 96.2 cm³/mol. The van der Waals surface area contributed by atoms with Crippen LogP contribution in [0.4, 0.5) is 5.69 Å². The van der Waals surface area contributed by atoms with E-state index in [1.165, 1.54) is 6.92 Å². The van der Waals surface area contributed by atoms with Crippen LogP contribution in [-0.2, 0) is 27.1 Å². The lowest BCUT2D eigenvalue weighted by atomic mass is 10.2. The van der Waals surface area contributed by atoms with Gasteiger partial charge in [-0.15, -0.1) is 0 Å². The van der Waals surface area contributed by atoms with Gasteiger partial charge in [0.25, 0.3) is 0 Å². The first kappa shape index (κ1) is 16.4. The number of hydrogen-bond donors (Lipinski definition) is 1. The van der Waals surface area contributed by atoms with Crippen molar-refractivity contribution in [2.45, 2.75) is 25.4 Å². The number of aromatic nitrogens is 2. The molecule has 1 atom stereocenters. The van der Waals surface area contributed by atoms with E-state index in [-0.39, 0.29) is 5.91 Å². The number of benzene rings is 1. The molecule has 0 spiro atoms. The summed E-state index contributed by atoms with van der Waals surface area (Å²) in [5.74, 6) is 0.722. The van der Waals surface area contributed by atoms with Crippen LogP contribution in [0.2, 0.25) is 0 Å². The Morgan fingerprint density at radius 3 is 2.83 bits per heavy atom. The Balaban J connectivity index is 1.70. The van der Waals surface area contributed by atoms with Crippen LogP contribution in [0.15, 0.2) is 48.8 Å². The summed E-state index contributed by atoms with van der Waals surface area (Å²) in [6.07, 6.45) is 3.87. The molecule has 1 aromatic carbocycles. The van der Waals surface area contributed by atoms with E-state index in [2.05, 4.69) is 10.3 Å². The van der Waals surface area contributed by atoms with E-state index in [9.17, 15) is 9.00 Å². The van der Waals surface area contributed by atoms with Gasteiger partial charge in [0, 0.05) is 41.6 Å². The second kappa shape index (κ2) is 6.97. The molecule has 0 aliphatic rings. The Hall–Kier alpha value is -2.47. The van der Waals surface area contributed by atoms with E-state index >= 15 is 0 Å². The molecule has 24 heavy (non-hydrogen) atoms. The third-order valence-electron chi connectivity index (χ3n) is 3.61. The molecule has 0 bridgehead atoms. The minimum atomic E-state index is -1.06. The first-order valence-electron chi connectivity index (χ1n) is 7.66. The van der Waals surface area contributed by atoms with Crippen LogP contribution in [0.5, 0.6) is 0 Å². The highest BCUT2D eigenvalue weighted by Gasteiger charge is 2.09. The highest BCUT2D eigenvalue weighted by atomic mass is 32.2.